The maximum absolute atomic E-state index is 11.7. The zero-order valence-corrected chi connectivity index (χ0v) is 14.0. The van der Waals surface area contributed by atoms with Gasteiger partial charge >= 0.3 is 6.09 Å². The minimum atomic E-state index is -0.703. The molecule has 0 radical (unpaired) electrons. The Hall–Kier alpha value is -2.61. The van der Waals surface area contributed by atoms with E-state index in [-0.39, 0.29) is 19.7 Å². The first-order valence-corrected chi connectivity index (χ1v) is 7.43. The lowest BCUT2D eigenvalue weighted by Crippen LogP contribution is -2.41. The van der Waals surface area contributed by atoms with Gasteiger partial charge in [-0.2, -0.15) is 0 Å². The topological polar surface area (TPSA) is 117 Å². The van der Waals surface area contributed by atoms with Crippen LogP contribution in [0.25, 0.3) is 0 Å². The van der Waals surface area contributed by atoms with Gasteiger partial charge in [-0.05, 0) is 38.5 Å². The van der Waals surface area contributed by atoms with Crippen LogP contribution in [0.1, 0.15) is 26.3 Å². The number of rotatable bonds is 6. The van der Waals surface area contributed by atoms with E-state index in [2.05, 4.69) is 16.0 Å². The van der Waals surface area contributed by atoms with Gasteiger partial charge in [0.1, 0.15) is 12.1 Å². The fourth-order valence-electron chi connectivity index (χ4n) is 1.61. The summed E-state index contributed by atoms with van der Waals surface area (Å²) in [6.07, 6.45) is -0.703. The number of alkyl carbamates (subject to hydrolysis) is 1. The second kappa shape index (κ2) is 8.88. The van der Waals surface area contributed by atoms with Gasteiger partial charge in [0, 0.05) is 5.69 Å². The number of ether oxygens (including phenoxy) is 1. The third-order valence-electron chi connectivity index (χ3n) is 2.66. The molecule has 0 unspecified atom stereocenters. The smallest absolute Gasteiger partial charge is 0.408 e. The first kappa shape index (κ1) is 19.4. The molecule has 4 N–H and O–H groups in total. The lowest BCUT2D eigenvalue weighted by molar-refractivity contribution is -0.123. The summed E-state index contributed by atoms with van der Waals surface area (Å²) in [6.45, 7) is 4.55. The molecule has 0 aromatic heterocycles. The molecule has 24 heavy (non-hydrogen) atoms. The molecule has 0 saturated heterocycles. The SMILES string of the molecule is CC(C)(C)OC(=O)NCC(=O)NCC(=O)Nc1ccc(CO)cc1. The highest BCUT2D eigenvalue weighted by atomic mass is 16.6. The van der Waals surface area contributed by atoms with Gasteiger partial charge in [0.2, 0.25) is 11.8 Å². The van der Waals surface area contributed by atoms with Crippen molar-refractivity contribution in [3.8, 4) is 0 Å². The van der Waals surface area contributed by atoms with Gasteiger partial charge in [0.15, 0.2) is 0 Å². The maximum atomic E-state index is 11.7. The highest BCUT2D eigenvalue weighted by Crippen LogP contribution is 2.09. The molecule has 0 fully saturated rings. The van der Waals surface area contributed by atoms with E-state index in [9.17, 15) is 14.4 Å². The van der Waals surface area contributed by atoms with E-state index in [4.69, 9.17) is 9.84 Å². The fraction of sp³-hybridized carbons (Fsp3) is 0.438. The van der Waals surface area contributed by atoms with Crippen LogP contribution in [0.4, 0.5) is 10.5 Å². The summed E-state index contributed by atoms with van der Waals surface area (Å²) < 4.78 is 4.98. The summed E-state index contributed by atoms with van der Waals surface area (Å²) in [5, 5.41) is 16.2. The van der Waals surface area contributed by atoms with Gasteiger partial charge in [-0.1, -0.05) is 12.1 Å². The number of carbonyl (C=O) groups excluding carboxylic acids is 3. The van der Waals surface area contributed by atoms with Crippen LogP contribution >= 0.6 is 0 Å². The van der Waals surface area contributed by atoms with E-state index in [1.54, 1.807) is 45.0 Å². The normalized spacial score (nSPS) is 10.7. The van der Waals surface area contributed by atoms with Crippen molar-refractivity contribution in [2.75, 3.05) is 18.4 Å². The van der Waals surface area contributed by atoms with Crippen molar-refractivity contribution in [3.63, 3.8) is 0 Å². The number of anilines is 1. The molecule has 3 amide bonds. The number of aliphatic hydroxyl groups is 1. The molecule has 8 nitrogen and oxygen atoms in total. The third kappa shape index (κ3) is 8.14. The van der Waals surface area contributed by atoms with Gasteiger partial charge in [0.05, 0.1) is 13.2 Å². The first-order chi connectivity index (χ1) is 11.2. The second-order valence-corrected chi connectivity index (χ2v) is 6.04. The molecule has 132 valence electrons. The minimum Gasteiger partial charge on any atom is -0.444 e. The standard InChI is InChI=1S/C16H23N3O5/c1-16(2,3)24-15(23)18-8-13(21)17-9-14(22)19-12-6-4-11(10-20)5-7-12/h4-7,20H,8-10H2,1-3H3,(H,17,21)(H,18,23)(H,19,22). The van der Waals surface area contributed by atoms with E-state index in [1.807, 2.05) is 0 Å². The molecule has 0 bridgehead atoms. The molecule has 0 saturated carbocycles. The number of amides is 3. The Kier molecular flexibility index (Phi) is 7.19. The molecule has 0 atom stereocenters. The predicted molar refractivity (Wildman–Crippen MR) is 88.2 cm³/mol. The summed E-state index contributed by atoms with van der Waals surface area (Å²) in [4.78, 5) is 34.7. The van der Waals surface area contributed by atoms with Crippen molar-refractivity contribution in [1.29, 1.82) is 0 Å². The Morgan fingerprint density at radius 3 is 2.12 bits per heavy atom. The molecule has 8 heteroatoms. The Labute approximate surface area is 140 Å². The molecule has 1 rings (SSSR count). The second-order valence-electron chi connectivity index (χ2n) is 6.04. The van der Waals surface area contributed by atoms with Crippen molar-refractivity contribution < 1.29 is 24.2 Å². The van der Waals surface area contributed by atoms with Crippen molar-refractivity contribution in [2.45, 2.75) is 33.0 Å². The number of benzene rings is 1. The molecule has 0 aliphatic heterocycles. The molecule has 0 aliphatic rings. The monoisotopic (exact) mass is 337 g/mol. The highest BCUT2D eigenvalue weighted by molar-refractivity contribution is 5.95. The van der Waals surface area contributed by atoms with Crippen molar-refractivity contribution >= 4 is 23.6 Å². The van der Waals surface area contributed by atoms with Gasteiger partial charge in [-0.25, -0.2) is 4.79 Å². The van der Waals surface area contributed by atoms with Crippen LogP contribution < -0.4 is 16.0 Å². The molecule has 0 spiro atoms. The van der Waals surface area contributed by atoms with Crippen molar-refractivity contribution in [3.05, 3.63) is 29.8 Å². The summed E-state index contributed by atoms with van der Waals surface area (Å²) in [7, 11) is 0. The van der Waals surface area contributed by atoms with Crippen molar-refractivity contribution in [1.82, 2.24) is 10.6 Å². The quantitative estimate of drug-likeness (QED) is 0.611. The largest absolute Gasteiger partial charge is 0.444 e. The molecular weight excluding hydrogens is 314 g/mol. The molecule has 0 heterocycles. The first-order valence-electron chi connectivity index (χ1n) is 7.43. The van der Waals surface area contributed by atoms with E-state index in [0.29, 0.717) is 5.69 Å². The highest BCUT2D eigenvalue weighted by Gasteiger charge is 2.16. The third-order valence-corrected chi connectivity index (χ3v) is 2.66. The van der Waals surface area contributed by atoms with Crippen LogP contribution in [0.15, 0.2) is 24.3 Å². The van der Waals surface area contributed by atoms with E-state index in [1.165, 1.54) is 0 Å². The van der Waals surface area contributed by atoms with Crippen LogP contribution in [0.3, 0.4) is 0 Å². The van der Waals surface area contributed by atoms with Crippen LogP contribution in [-0.2, 0) is 20.9 Å². The van der Waals surface area contributed by atoms with E-state index >= 15 is 0 Å². The molecule has 0 aliphatic carbocycles. The zero-order chi connectivity index (χ0) is 18.2. The summed E-state index contributed by atoms with van der Waals surface area (Å²) in [5.41, 5.74) is 0.638. The van der Waals surface area contributed by atoms with E-state index < -0.39 is 23.5 Å². The molecule has 1 aromatic carbocycles. The number of aliphatic hydroxyl groups excluding tert-OH is 1. The molecular formula is C16H23N3O5. The van der Waals surface area contributed by atoms with Crippen molar-refractivity contribution in [2.24, 2.45) is 0 Å². The van der Waals surface area contributed by atoms with Crippen LogP contribution in [0, 0.1) is 0 Å². The van der Waals surface area contributed by atoms with Gasteiger partial charge in [0.25, 0.3) is 0 Å². The average Bonchev–Trinajstić information content (AvgIpc) is 2.50. The fourth-order valence-corrected chi connectivity index (χ4v) is 1.61. The Morgan fingerprint density at radius 2 is 1.58 bits per heavy atom. The maximum Gasteiger partial charge on any atom is 0.408 e. The number of hydrogen-bond donors (Lipinski definition) is 4. The minimum absolute atomic E-state index is 0.0745. The molecule has 1 aromatic rings. The summed E-state index contributed by atoms with van der Waals surface area (Å²) >= 11 is 0. The van der Waals surface area contributed by atoms with Crippen LogP contribution in [0.5, 0.6) is 0 Å². The van der Waals surface area contributed by atoms with E-state index in [0.717, 1.165) is 5.56 Å². The Balaban J connectivity index is 2.28. The lowest BCUT2D eigenvalue weighted by atomic mass is 10.2. The van der Waals surface area contributed by atoms with Crippen LogP contribution in [-0.4, -0.2) is 41.7 Å². The number of nitrogens with one attached hydrogen (secondary N) is 3. The Morgan fingerprint density at radius 1 is 1.00 bits per heavy atom. The summed E-state index contributed by atoms with van der Waals surface area (Å²) in [6, 6.07) is 6.66. The number of hydrogen-bond acceptors (Lipinski definition) is 5. The Bertz CT molecular complexity index is 578. The predicted octanol–water partition coefficient (Wildman–Crippen LogP) is 0.758. The van der Waals surface area contributed by atoms with Gasteiger partial charge in [-0.3, -0.25) is 9.59 Å². The summed E-state index contributed by atoms with van der Waals surface area (Å²) in [5.74, 6) is -0.913. The lowest BCUT2D eigenvalue weighted by Gasteiger charge is -2.19. The number of carbonyl (C=O) groups is 3. The average molecular weight is 337 g/mol. The van der Waals surface area contributed by atoms with Gasteiger partial charge < -0.3 is 25.8 Å². The van der Waals surface area contributed by atoms with Gasteiger partial charge in [-0.15, -0.1) is 0 Å². The van der Waals surface area contributed by atoms with Crippen LogP contribution in [0.2, 0.25) is 0 Å². The zero-order valence-electron chi connectivity index (χ0n) is 14.0.